The van der Waals surface area contributed by atoms with Crippen molar-refractivity contribution >= 4 is 0 Å². The minimum absolute atomic E-state index is 0.123. The Hall–Kier alpha value is -0.340. The predicted molar refractivity (Wildman–Crippen MR) is 71.8 cm³/mol. The molecule has 16 heavy (non-hydrogen) atoms. The topological polar surface area (TPSA) is 21.3 Å². The molecule has 0 rings (SSSR count). The first-order valence-corrected chi connectivity index (χ1v) is 6.51. The van der Waals surface area contributed by atoms with Crippen LogP contribution in [0, 0.1) is 0 Å². The van der Waals surface area contributed by atoms with Gasteiger partial charge in [-0.3, -0.25) is 0 Å². The molecule has 0 aromatic rings. The maximum Gasteiger partial charge on any atom is 0.0781 e. The molecule has 0 aliphatic rings. The van der Waals surface area contributed by atoms with Gasteiger partial charge in [-0.05, 0) is 46.6 Å². The van der Waals surface area contributed by atoms with Crippen molar-refractivity contribution in [2.24, 2.45) is 0 Å². The van der Waals surface area contributed by atoms with Crippen molar-refractivity contribution in [1.29, 1.82) is 0 Å². The largest absolute Gasteiger partial charge is 0.374 e. The van der Waals surface area contributed by atoms with Gasteiger partial charge in [-0.15, -0.1) is 0 Å². The van der Waals surface area contributed by atoms with Gasteiger partial charge in [0.1, 0.15) is 0 Å². The average Bonchev–Trinajstić information content (AvgIpc) is 2.23. The lowest BCUT2D eigenvalue weighted by Gasteiger charge is -2.35. The Kier molecular flexibility index (Phi) is 7.69. The number of nitrogens with one attached hydrogen (secondary N) is 1. The lowest BCUT2D eigenvalue weighted by molar-refractivity contribution is -0.0380. The van der Waals surface area contributed by atoms with E-state index in [-0.39, 0.29) is 5.60 Å². The van der Waals surface area contributed by atoms with Gasteiger partial charge in [0.15, 0.2) is 0 Å². The van der Waals surface area contributed by atoms with Crippen LogP contribution < -0.4 is 5.32 Å². The Bertz CT molecular complexity index is 199. The molecule has 0 saturated heterocycles. The van der Waals surface area contributed by atoms with Gasteiger partial charge in [0.2, 0.25) is 0 Å². The van der Waals surface area contributed by atoms with E-state index in [1.54, 1.807) is 0 Å². The standard InChI is InChI=1S/C14H29NO/c1-7-10-15-13(11-12(4)8-2)14(5,6)16-9-3/h13,15H,4,7-11H2,1-3,5-6H3. The second kappa shape index (κ2) is 7.86. The van der Waals surface area contributed by atoms with E-state index >= 15 is 0 Å². The lowest BCUT2D eigenvalue weighted by atomic mass is 9.91. The van der Waals surface area contributed by atoms with E-state index in [1.165, 1.54) is 5.57 Å². The van der Waals surface area contributed by atoms with Crippen LogP contribution in [0.15, 0.2) is 12.2 Å². The van der Waals surface area contributed by atoms with Crippen LogP contribution in [0.2, 0.25) is 0 Å². The fourth-order valence-electron chi connectivity index (χ4n) is 1.79. The molecule has 0 heterocycles. The maximum absolute atomic E-state index is 5.83. The van der Waals surface area contributed by atoms with E-state index in [1.807, 2.05) is 6.92 Å². The third-order valence-electron chi connectivity index (χ3n) is 2.99. The van der Waals surface area contributed by atoms with Gasteiger partial charge < -0.3 is 10.1 Å². The summed E-state index contributed by atoms with van der Waals surface area (Å²) >= 11 is 0. The van der Waals surface area contributed by atoms with Crippen molar-refractivity contribution in [2.75, 3.05) is 13.2 Å². The van der Waals surface area contributed by atoms with Crippen molar-refractivity contribution < 1.29 is 4.74 Å². The Morgan fingerprint density at radius 3 is 2.38 bits per heavy atom. The summed E-state index contributed by atoms with van der Waals surface area (Å²) < 4.78 is 5.83. The zero-order chi connectivity index (χ0) is 12.6. The van der Waals surface area contributed by atoms with Crippen LogP contribution in [-0.2, 0) is 4.74 Å². The zero-order valence-electron chi connectivity index (χ0n) is 11.7. The molecule has 0 aromatic heterocycles. The second-order valence-corrected chi connectivity index (χ2v) is 4.85. The quantitative estimate of drug-likeness (QED) is 0.608. The minimum atomic E-state index is -0.123. The molecule has 1 N–H and O–H groups in total. The summed E-state index contributed by atoms with van der Waals surface area (Å²) in [6.45, 7) is 16.6. The van der Waals surface area contributed by atoms with Crippen molar-refractivity contribution in [3.63, 3.8) is 0 Å². The van der Waals surface area contributed by atoms with Gasteiger partial charge in [0.05, 0.1) is 5.60 Å². The van der Waals surface area contributed by atoms with E-state index in [9.17, 15) is 0 Å². The van der Waals surface area contributed by atoms with Crippen LogP contribution in [0.4, 0.5) is 0 Å². The molecule has 1 unspecified atom stereocenters. The van der Waals surface area contributed by atoms with E-state index < -0.39 is 0 Å². The molecular weight excluding hydrogens is 198 g/mol. The molecule has 0 bridgehead atoms. The van der Waals surface area contributed by atoms with Crippen molar-refractivity contribution in [3.8, 4) is 0 Å². The summed E-state index contributed by atoms with van der Waals surface area (Å²) in [5.41, 5.74) is 1.17. The molecule has 0 saturated carbocycles. The summed E-state index contributed by atoms with van der Waals surface area (Å²) in [6, 6.07) is 0.361. The highest BCUT2D eigenvalue weighted by atomic mass is 16.5. The van der Waals surface area contributed by atoms with E-state index in [4.69, 9.17) is 4.74 Å². The number of hydrogen-bond acceptors (Lipinski definition) is 2. The van der Waals surface area contributed by atoms with Gasteiger partial charge in [-0.25, -0.2) is 0 Å². The summed E-state index contributed by atoms with van der Waals surface area (Å²) in [5.74, 6) is 0. The van der Waals surface area contributed by atoms with Gasteiger partial charge in [-0.1, -0.05) is 26.0 Å². The molecule has 96 valence electrons. The fraction of sp³-hybridized carbons (Fsp3) is 0.857. The third-order valence-corrected chi connectivity index (χ3v) is 2.99. The minimum Gasteiger partial charge on any atom is -0.374 e. The Labute approximate surface area is 101 Å². The summed E-state index contributed by atoms with van der Waals surface area (Å²) in [4.78, 5) is 0. The zero-order valence-corrected chi connectivity index (χ0v) is 11.7. The monoisotopic (exact) mass is 227 g/mol. The molecule has 0 aliphatic heterocycles. The molecule has 0 spiro atoms. The molecular formula is C14H29NO. The van der Waals surface area contributed by atoms with Crippen LogP contribution in [0.3, 0.4) is 0 Å². The molecule has 0 fully saturated rings. The SMILES string of the molecule is C=C(CC)CC(NCCC)C(C)(C)OCC. The molecule has 0 aliphatic carbocycles. The van der Waals surface area contributed by atoms with Gasteiger partial charge in [0.25, 0.3) is 0 Å². The van der Waals surface area contributed by atoms with Crippen LogP contribution in [0.1, 0.15) is 53.9 Å². The predicted octanol–water partition coefficient (Wildman–Crippen LogP) is 3.53. The third kappa shape index (κ3) is 5.66. The van der Waals surface area contributed by atoms with E-state index in [2.05, 4.69) is 39.6 Å². The average molecular weight is 227 g/mol. The summed E-state index contributed by atoms with van der Waals surface area (Å²) in [6.07, 6.45) is 3.20. The van der Waals surface area contributed by atoms with Crippen LogP contribution in [0.25, 0.3) is 0 Å². The van der Waals surface area contributed by atoms with Gasteiger partial charge in [-0.2, -0.15) is 0 Å². The maximum atomic E-state index is 5.83. The molecule has 0 radical (unpaired) electrons. The first-order chi connectivity index (χ1) is 7.47. The van der Waals surface area contributed by atoms with Crippen molar-refractivity contribution in [2.45, 2.75) is 65.5 Å². The van der Waals surface area contributed by atoms with E-state index in [0.717, 1.165) is 32.4 Å². The fourth-order valence-corrected chi connectivity index (χ4v) is 1.79. The van der Waals surface area contributed by atoms with Crippen molar-refractivity contribution in [1.82, 2.24) is 5.32 Å². The van der Waals surface area contributed by atoms with Crippen LogP contribution >= 0.6 is 0 Å². The lowest BCUT2D eigenvalue weighted by Crippen LogP contribution is -2.49. The van der Waals surface area contributed by atoms with Gasteiger partial charge >= 0.3 is 0 Å². The molecule has 0 amide bonds. The first-order valence-electron chi connectivity index (χ1n) is 6.51. The highest BCUT2D eigenvalue weighted by Gasteiger charge is 2.29. The molecule has 1 atom stereocenters. The smallest absolute Gasteiger partial charge is 0.0781 e. The van der Waals surface area contributed by atoms with Crippen LogP contribution in [-0.4, -0.2) is 24.8 Å². The summed E-state index contributed by atoms with van der Waals surface area (Å²) in [5, 5.41) is 3.57. The van der Waals surface area contributed by atoms with Gasteiger partial charge in [0, 0.05) is 12.6 Å². The first kappa shape index (κ1) is 15.7. The normalized spacial score (nSPS) is 13.8. The molecule has 0 aromatic carbocycles. The van der Waals surface area contributed by atoms with E-state index in [0.29, 0.717) is 6.04 Å². The molecule has 2 nitrogen and oxygen atoms in total. The highest BCUT2D eigenvalue weighted by Crippen LogP contribution is 2.21. The highest BCUT2D eigenvalue weighted by molar-refractivity contribution is 5.01. The Morgan fingerprint density at radius 1 is 1.31 bits per heavy atom. The number of hydrogen-bond donors (Lipinski definition) is 1. The van der Waals surface area contributed by atoms with Crippen molar-refractivity contribution in [3.05, 3.63) is 12.2 Å². The molecule has 2 heteroatoms. The number of rotatable bonds is 9. The second-order valence-electron chi connectivity index (χ2n) is 4.85. The van der Waals surface area contributed by atoms with Crippen LogP contribution in [0.5, 0.6) is 0 Å². The Balaban J connectivity index is 4.44. The summed E-state index contributed by atoms with van der Waals surface area (Å²) in [7, 11) is 0. The number of ether oxygens (including phenoxy) is 1. The Morgan fingerprint density at radius 2 is 1.94 bits per heavy atom.